The van der Waals surface area contributed by atoms with E-state index in [1.807, 2.05) is 29.2 Å². The van der Waals surface area contributed by atoms with E-state index in [1.165, 1.54) is 12.1 Å². The van der Waals surface area contributed by atoms with E-state index in [-0.39, 0.29) is 23.9 Å². The van der Waals surface area contributed by atoms with Crippen LogP contribution >= 0.6 is 0 Å². The molecule has 2 aliphatic rings. The maximum atomic E-state index is 13.4. The second-order valence-corrected chi connectivity index (χ2v) is 9.32. The minimum atomic E-state index is -0.476. The SMILES string of the molecule is CC(C)(C)N=C1Nc2ccccc2NC12CCCN(C(=O)NCc1cccc(F)c1)C2. The molecule has 1 saturated heterocycles. The summed E-state index contributed by atoms with van der Waals surface area (Å²) in [6, 6.07) is 14.2. The largest absolute Gasteiger partial charge is 0.370 e. The van der Waals surface area contributed by atoms with E-state index in [2.05, 4.69) is 36.7 Å². The van der Waals surface area contributed by atoms with Gasteiger partial charge in [-0.1, -0.05) is 24.3 Å². The van der Waals surface area contributed by atoms with Gasteiger partial charge in [0.2, 0.25) is 0 Å². The molecule has 4 rings (SSSR count). The number of aliphatic imine (C=N–C) groups is 1. The van der Waals surface area contributed by atoms with Gasteiger partial charge in [-0.3, -0.25) is 4.99 Å². The Morgan fingerprint density at radius 2 is 1.97 bits per heavy atom. The van der Waals surface area contributed by atoms with E-state index >= 15 is 0 Å². The first-order valence-electron chi connectivity index (χ1n) is 10.8. The Bertz CT molecular complexity index is 999. The van der Waals surface area contributed by atoms with E-state index in [1.54, 1.807) is 12.1 Å². The van der Waals surface area contributed by atoms with Gasteiger partial charge in [-0.25, -0.2) is 9.18 Å². The maximum absolute atomic E-state index is 13.4. The monoisotopic (exact) mass is 423 g/mol. The number of hydrogen-bond acceptors (Lipinski definition) is 3. The van der Waals surface area contributed by atoms with Crippen molar-refractivity contribution in [2.75, 3.05) is 23.7 Å². The molecule has 0 aromatic heterocycles. The lowest BCUT2D eigenvalue weighted by Gasteiger charge is -2.47. The minimum Gasteiger partial charge on any atom is -0.370 e. The first-order chi connectivity index (χ1) is 14.7. The van der Waals surface area contributed by atoms with Crippen LogP contribution in [0.3, 0.4) is 0 Å². The van der Waals surface area contributed by atoms with Gasteiger partial charge in [-0.2, -0.15) is 0 Å². The molecule has 1 spiro atoms. The Kier molecular flexibility index (Phi) is 5.60. The number of likely N-dealkylation sites (tertiary alicyclic amines) is 1. The van der Waals surface area contributed by atoms with Crippen molar-refractivity contribution in [1.82, 2.24) is 10.2 Å². The number of amidine groups is 1. The van der Waals surface area contributed by atoms with Crippen LogP contribution < -0.4 is 16.0 Å². The van der Waals surface area contributed by atoms with Gasteiger partial charge in [0.05, 0.1) is 23.5 Å². The number of amides is 2. The zero-order valence-electron chi connectivity index (χ0n) is 18.3. The number of piperidine rings is 1. The molecule has 164 valence electrons. The molecule has 2 aliphatic heterocycles. The molecule has 2 aromatic carbocycles. The number of urea groups is 1. The number of hydrogen-bond donors (Lipinski definition) is 3. The molecule has 0 aliphatic carbocycles. The number of rotatable bonds is 2. The number of fused-ring (bicyclic) bond motifs is 1. The van der Waals surface area contributed by atoms with Crippen molar-refractivity contribution in [3.8, 4) is 0 Å². The normalized spacial score (nSPS) is 21.9. The van der Waals surface area contributed by atoms with E-state index in [0.29, 0.717) is 13.1 Å². The van der Waals surface area contributed by atoms with Gasteiger partial charge in [-0.15, -0.1) is 0 Å². The van der Waals surface area contributed by atoms with Crippen LogP contribution in [0.15, 0.2) is 53.5 Å². The second kappa shape index (κ2) is 8.21. The van der Waals surface area contributed by atoms with Crippen LogP contribution in [0.4, 0.5) is 20.6 Å². The molecule has 6 nitrogen and oxygen atoms in total. The summed E-state index contributed by atoms with van der Waals surface area (Å²) < 4.78 is 13.4. The molecule has 1 atom stereocenters. The molecule has 0 saturated carbocycles. The number of para-hydroxylation sites is 2. The van der Waals surface area contributed by atoms with Gasteiger partial charge in [0, 0.05) is 13.1 Å². The van der Waals surface area contributed by atoms with Gasteiger partial charge >= 0.3 is 6.03 Å². The molecule has 2 heterocycles. The van der Waals surface area contributed by atoms with E-state index in [0.717, 1.165) is 35.6 Å². The third-order valence-corrected chi connectivity index (χ3v) is 5.57. The highest BCUT2D eigenvalue weighted by molar-refractivity contribution is 6.10. The summed E-state index contributed by atoms with van der Waals surface area (Å²) in [4.78, 5) is 19.8. The van der Waals surface area contributed by atoms with Crippen molar-refractivity contribution < 1.29 is 9.18 Å². The third-order valence-electron chi connectivity index (χ3n) is 5.57. The first-order valence-corrected chi connectivity index (χ1v) is 10.8. The number of halogens is 1. The molecule has 7 heteroatoms. The molecular weight excluding hydrogens is 393 g/mol. The fourth-order valence-corrected chi connectivity index (χ4v) is 4.20. The van der Waals surface area contributed by atoms with Crippen molar-refractivity contribution in [2.24, 2.45) is 4.99 Å². The van der Waals surface area contributed by atoms with Crippen LogP contribution in [0.1, 0.15) is 39.2 Å². The first kappa shape index (κ1) is 21.2. The van der Waals surface area contributed by atoms with Crippen LogP contribution in [-0.2, 0) is 6.54 Å². The van der Waals surface area contributed by atoms with Crippen LogP contribution in [0, 0.1) is 5.82 Å². The summed E-state index contributed by atoms with van der Waals surface area (Å²) in [6.07, 6.45) is 1.73. The lowest BCUT2D eigenvalue weighted by Crippen LogP contribution is -2.63. The topological polar surface area (TPSA) is 68.8 Å². The van der Waals surface area contributed by atoms with Gasteiger partial charge in [0.25, 0.3) is 0 Å². The van der Waals surface area contributed by atoms with E-state index < -0.39 is 5.54 Å². The summed E-state index contributed by atoms with van der Waals surface area (Å²) in [5.74, 6) is 0.559. The van der Waals surface area contributed by atoms with Gasteiger partial charge in [0.1, 0.15) is 17.2 Å². The standard InChI is InChI=1S/C24H30FN5O/c1-23(2,3)29-21-24(28-20-11-5-4-10-19(20)27-21)12-7-13-30(16-24)22(31)26-15-17-8-6-9-18(25)14-17/h4-6,8-11,14,28H,7,12-13,15-16H2,1-3H3,(H,26,31)(H,27,29). The Balaban J connectivity index is 1.55. The Labute approximate surface area is 182 Å². The zero-order valence-corrected chi connectivity index (χ0v) is 18.3. The van der Waals surface area contributed by atoms with E-state index in [9.17, 15) is 9.18 Å². The quantitative estimate of drug-likeness (QED) is 0.661. The van der Waals surface area contributed by atoms with Crippen LogP contribution in [0.2, 0.25) is 0 Å². The summed E-state index contributed by atoms with van der Waals surface area (Å²) in [6.45, 7) is 7.67. The molecule has 1 fully saturated rings. The van der Waals surface area contributed by atoms with Gasteiger partial charge < -0.3 is 20.9 Å². The summed E-state index contributed by atoms with van der Waals surface area (Å²) in [5, 5.41) is 10.1. The van der Waals surface area contributed by atoms with Gasteiger partial charge in [-0.05, 0) is 63.4 Å². The summed E-state index contributed by atoms with van der Waals surface area (Å²) in [7, 11) is 0. The molecule has 1 unspecified atom stereocenters. The number of nitrogens with one attached hydrogen (secondary N) is 3. The average Bonchev–Trinajstić information content (AvgIpc) is 2.72. The number of carbonyl (C=O) groups is 1. The van der Waals surface area contributed by atoms with Gasteiger partial charge in [0.15, 0.2) is 0 Å². The minimum absolute atomic E-state index is 0.154. The fourth-order valence-electron chi connectivity index (χ4n) is 4.20. The maximum Gasteiger partial charge on any atom is 0.317 e. The smallest absolute Gasteiger partial charge is 0.317 e. The highest BCUT2D eigenvalue weighted by atomic mass is 19.1. The molecule has 2 aromatic rings. The summed E-state index contributed by atoms with van der Waals surface area (Å²) >= 11 is 0. The predicted octanol–water partition coefficient (Wildman–Crippen LogP) is 4.60. The summed E-state index contributed by atoms with van der Waals surface area (Å²) in [5.41, 5.74) is 2.00. The number of anilines is 2. The number of benzene rings is 2. The Hall–Kier alpha value is -3.09. The lowest BCUT2D eigenvalue weighted by molar-refractivity contribution is 0.173. The predicted molar refractivity (Wildman–Crippen MR) is 123 cm³/mol. The van der Waals surface area contributed by atoms with Crippen molar-refractivity contribution in [1.29, 1.82) is 0 Å². The van der Waals surface area contributed by atoms with Crippen molar-refractivity contribution in [2.45, 2.75) is 51.2 Å². The number of carbonyl (C=O) groups excluding carboxylic acids is 1. The molecule has 2 amide bonds. The van der Waals surface area contributed by atoms with Crippen molar-refractivity contribution >= 4 is 23.2 Å². The fraction of sp³-hybridized carbons (Fsp3) is 0.417. The van der Waals surface area contributed by atoms with Crippen LogP contribution in [0.25, 0.3) is 0 Å². The molecular formula is C24H30FN5O. The van der Waals surface area contributed by atoms with E-state index in [4.69, 9.17) is 4.99 Å². The highest BCUT2D eigenvalue weighted by Gasteiger charge is 2.45. The lowest BCUT2D eigenvalue weighted by atomic mass is 9.85. The second-order valence-electron chi connectivity index (χ2n) is 9.32. The van der Waals surface area contributed by atoms with Crippen molar-refractivity contribution in [3.05, 3.63) is 59.9 Å². The zero-order chi connectivity index (χ0) is 22.1. The molecule has 3 N–H and O–H groups in total. The Morgan fingerprint density at radius 1 is 1.19 bits per heavy atom. The third kappa shape index (κ3) is 4.81. The van der Waals surface area contributed by atoms with Crippen LogP contribution in [0.5, 0.6) is 0 Å². The van der Waals surface area contributed by atoms with Crippen molar-refractivity contribution in [3.63, 3.8) is 0 Å². The Morgan fingerprint density at radius 3 is 2.71 bits per heavy atom. The average molecular weight is 424 g/mol. The molecule has 0 bridgehead atoms. The van der Waals surface area contributed by atoms with Crippen LogP contribution in [-0.4, -0.2) is 40.9 Å². The highest BCUT2D eigenvalue weighted by Crippen LogP contribution is 2.37. The molecule has 0 radical (unpaired) electrons. The molecule has 31 heavy (non-hydrogen) atoms. The number of nitrogens with zero attached hydrogens (tertiary/aromatic N) is 2.